The third-order valence-electron chi connectivity index (χ3n) is 8.06. The van der Waals surface area contributed by atoms with Gasteiger partial charge in [0.15, 0.2) is 5.82 Å². The minimum absolute atomic E-state index is 0.133. The van der Waals surface area contributed by atoms with E-state index in [1.807, 2.05) is 56.0 Å². The summed E-state index contributed by atoms with van der Waals surface area (Å²) < 4.78 is 95.2. The molecule has 0 radical (unpaired) electrons. The number of carbonyl (C=O) groups excluding carboxylic acids is 1. The number of halogens is 10. The summed E-state index contributed by atoms with van der Waals surface area (Å²) in [5, 5.41) is 41.0. The molecule has 2 aromatic carbocycles. The van der Waals surface area contributed by atoms with Crippen LogP contribution in [0.15, 0.2) is 48.7 Å². The lowest BCUT2D eigenvalue weighted by Gasteiger charge is -2.45. The molecule has 1 unspecified atom stereocenters. The van der Waals surface area contributed by atoms with Crippen LogP contribution < -0.4 is 16.0 Å². The second-order valence-electron chi connectivity index (χ2n) is 13.8. The van der Waals surface area contributed by atoms with E-state index >= 15 is 0 Å². The third kappa shape index (κ3) is 17.2. The van der Waals surface area contributed by atoms with Gasteiger partial charge in [0.2, 0.25) is 11.9 Å². The molecule has 61 heavy (non-hydrogen) atoms. The smallest absolute Gasteiger partial charge is 0.475 e. The number of fused-ring (bicyclic) bond motifs is 6. The van der Waals surface area contributed by atoms with Crippen molar-refractivity contribution in [2.75, 3.05) is 42.1 Å². The Labute approximate surface area is 344 Å². The zero-order chi connectivity index (χ0) is 46.7. The molecule has 1 fully saturated rings. The normalized spacial score (nSPS) is 15.3. The van der Waals surface area contributed by atoms with E-state index in [0.29, 0.717) is 42.8 Å². The van der Waals surface area contributed by atoms with Gasteiger partial charge in [0.25, 0.3) is 0 Å². The van der Waals surface area contributed by atoms with E-state index < -0.39 is 42.5 Å². The number of anilines is 5. The van der Waals surface area contributed by atoms with E-state index in [2.05, 4.69) is 38.1 Å². The standard InChI is InChI=1S/C29H34ClN7O3.3C2HF3O2/c1-29(2,3)24-16-36(11-12-37(24)28(39)40)17-25(38)34-23-10-9-21-14-19(23)8-7-18-5-4-6-20(13-18)33-27-31-15-22(30)26(32-21)35-27;3*3-2(4,5)1(6)7/h4-6,9-10,13-15,24H,7-8,11-12,16-17H2,1-3H3,(H,34,38)(H,39,40)(H2,31,32,33,35);3*(H,6,7). The van der Waals surface area contributed by atoms with Gasteiger partial charge in [0.1, 0.15) is 5.02 Å². The number of carbonyl (C=O) groups is 5. The van der Waals surface area contributed by atoms with E-state index in [4.69, 9.17) is 41.3 Å². The van der Waals surface area contributed by atoms with Crippen LogP contribution in [0.1, 0.15) is 31.9 Å². The van der Waals surface area contributed by atoms with E-state index in [1.165, 1.54) is 4.90 Å². The Balaban J connectivity index is 0.000000502. The first-order valence-electron chi connectivity index (χ1n) is 17.1. The van der Waals surface area contributed by atoms with Crippen LogP contribution in [-0.4, -0.2) is 121 Å². The number of rotatable bonds is 3. The lowest BCUT2D eigenvalue weighted by molar-refractivity contribution is -0.193. The van der Waals surface area contributed by atoms with Crippen LogP contribution in [0, 0.1) is 5.41 Å². The number of nitrogens with zero attached hydrogens (tertiary/aromatic N) is 4. The van der Waals surface area contributed by atoms with Crippen LogP contribution in [0.3, 0.4) is 0 Å². The van der Waals surface area contributed by atoms with Gasteiger partial charge < -0.3 is 41.3 Å². The maximum Gasteiger partial charge on any atom is 0.490 e. The zero-order valence-corrected chi connectivity index (χ0v) is 32.6. The molecular formula is C35H37ClF9N7O9. The predicted molar refractivity (Wildman–Crippen MR) is 198 cm³/mol. The Hall–Kier alpha value is -6.11. The summed E-state index contributed by atoms with van der Waals surface area (Å²) in [6, 6.07) is 13.7. The summed E-state index contributed by atoms with van der Waals surface area (Å²) >= 11 is 6.38. The van der Waals surface area contributed by atoms with Crippen LogP contribution in [0.4, 0.5) is 73.1 Å². The van der Waals surface area contributed by atoms with Crippen LogP contribution >= 0.6 is 11.6 Å². The molecule has 2 aliphatic heterocycles. The van der Waals surface area contributed by atoms with Gasteiger partial charge in [-0.25, -0.2) is 24.2 Å². The average molecular weight is 906 g/mol. The van der Waals surface area contributed by atoms with Gasteiger partial charge in [-0.2, -0.15) is 44.5 Å². The second kappa shape index (κ2) is 20.9. The number of carboxylic acids is 3. The zero-order valence-electron chi connectivity index (χ0n) is 31.8. The van der Waals surface area contributed by atoms with Crippen molar-refractivity contribution < 1.29 is 83.9 Å². The number of aliphatic carboxylic acids is 3. The number of hydrogen-bond acceptors (Lipinski definition) is 10. The maximum atomic E-state index is 13.2. The average Bonchev–Trinajstić information content (AvgIpc) is 3.12. The van der Waals surface area contributed by atoms with E-state index in [-0.39, 0.29) is 23.9 Å². The highest BCUT2D eigenvalue weighted by Crippen LogP contribution is 2.31. The third-order valence-corrected chi connectivity index (χ3v) is 8.33. The van der Waals surface area contributed by atoms with Crippen LogP contribution in [0.5, 0.6) is 0 Å². The first-order chi connectivity index (χ1) is 27.9. The number of piperazine rings is 1. The number of nitrogens with one attached hydrogen (secondary N) is 3. The lowest BCUT2D eigenvalue weighted by Crippen LogP contribution is -2.60. The highest BCUT2D eigenvalue weighted by molar-refractivity contribution is 6.32. The summed E-state index contributed by atoms with van der Waals surface area (Å²) in [7, 11) is 0. The molecule has 3 heterocycles. The highest BCUT2D eigenvalue weighted by Gasteiger charge is 2.40. The Morgan fingerprint density at radius 1 is 0.787 bits per heavy atom. The lowest BCUT2D eigenvalue weighted by atomic mass is 9.84. The van der Waals surface area contributed by atoms with Crippen molar-refractivity contribution in [2.24, 2.45) is 5.41 Å². The number of amides is 2. The molecule has 0 saturated carbocycles. The molecule has 16 nitrogen and oxygen atoms in total. The molecule has 0 spiro atoms. The van der Waals surface area contributed by atoms with Crippen molar-refractivity contribution in [1.29, 1.82) is 0 Å². The van der Waals surface area contributed by atoms with Gasteiger partial charge in [0.05, 0.1) is 18.8 Å². The van der Waals surface area contributed by atoms with Gasteiger partial charge in [-0.05, 0) is 59.7 Å². The first kappa shape index (κ1) is 51.0. The van der Waals surface area contributed by atoms with Gasteiger partial charge in [0, 0.05) is 36.7 Å². The number of alkyl halides is 9. The van der Waals surface area contributed by atoms with E-state index in [9.17, 15) is 54.2 Å². The molecule has 26 heteroatoms. The van der Waals surface area contributed by atoms with Crippen molar-refractivity contribution >= 4 is 70.3 Å². The number of hydrogen-bond donors (Lipinski definition) is 7. The molecule has 336 valence electrons. The molecule has 1 atom stereocenters. The number of benzene rings is 2. The van der Waals surface area contributed by atoms with Crippen molar-refractivity contribution in [3.8, 4) is 0 Å². The first-order valence-corrected chi connectivity index (χ1v) is 17.5. The number of aromatic nitrogens is 2. The molecule has 0 aliphatic carbocycles. The van der Waals surface area contributed by atoms with Crippen LogP contribution in [0.2, 0.25) is 5.02 Å². The van der Waals surface area contributed by atoms with Crippen LogP contribution in [0.25, 0.3) is 0 Å². The Morgan fingerprint density at radius 3 is 1.84 bits per heavy atom. The van der Waals surface area contributed by atoms with Crippen molar-refractivity contribution in [3.05, 3.63) is 64.8 Å². The van der Waals surface area contributed by atoms with Gasteiger partial charge in [-0.3, -0.25) is 9.69 Å². The summed E-state index contributed by atoms with van der Waals surface area (Å²) in [6.07, 6.45) is -13.1. The molecule has 6 bridgehead atoms. The van der Waals surface area contributed by atoms with E-state index in [0.717, 1.165) is 34.6 Å². The largest absolute Gasteiger partial charge is 0.490 e. The molecule has 1 saturated heterocycles. The Kier molecular flexibility index (Phi) is 17.5. The van der Waals surface area contributed by atoms with Crippen molar-refractivity contribution in [3.63, 3.8) is 0 Å². The monoisotopic (exact) mass is 905 g/mol. The summed E-state index contributed by atoms with van der Waals surface area (Å²) in [4.78, 5) is 64.0. The number of carboxylic acid groups (broad SMARTS) is 4. The van der Waals surface area contributed by atoms with Gasteiger partial charge in [-0.15, -0.1) is 0 Å². The van der Waals surface area contributed by atoms with Crippen LogP contribution in [-0.2, 0) is 32.0 Å². The van der Waals surface area contributed by atoms with Crippen molar-refractivity contribution in [1.82, 2.24) is 19.8 Å². The predicted octanol–water partition coefficient (Wildman–Crippen LogP) is 7.26. The molecule has 5 rings (SSSR count). The van der Waals surface area contributed by atoms with Gasteiger partial charge >= 0.3 is 42.5 Å². The quantitative estimate of drug-likeness (QED) is 0.128. The molecule has 1 aromatic heterocycles. The van der Waals surface area contributed by atoms with E-state index in [1.54, 1.807) is 6.20 Å². The SMILES string of the molecule is CC(C)(C)C1CN(CC(=O)Nc2ccc3cc2CCc2cccc(c2)Nc2ncc(Cl)c(n2)N3)CCN1C(=O)O.O=C(O)C(F)(F)F.O=C(O)C(F)(F)F.O=C(O)C(F)(F)F. The topological polar surface area (TPSA) is 235 Å². The van der Waals surface area contributed by atoms with Crippen molar-refractivity contribution in [2.45, 2.75) is 58.2 Å². The summed E-state index contributed by atoms with van der Waals surface area (Å²) in [6.45, 7) is 7.66. The fourth-order valence-electron chi connectivity index (χ4n) is 5.21. The fourth-order valence-corrected chi connectivity index (χ4v) is 5.35. The Morgan fingerprint density at radius 2 is 1.33 bits per heavy atom. The Bertz CT molecular complexity index is 1990. The summed E-state index contributed by atoms with van der Waals surface area (Å²) in [5.74, 6) is -7.49. The molecule has 2 amide bonds. The molecule has 7 N–H and O–H groups in total. The second-order valence-corrected chi connectivity index (χ2v) is 14.2. The molecule has 3 aromatic rings. The number of aryl methyl sites for hydroxylation is 2. The minimum Gasteiger partial charge on any atom is -0.475 e. The summed E-state index contributed by atoms with van der Waals surface area (Å²) in [5.41, 5.74) is 4.28. The highest BCUT2D eigenvalue weighted by atomic mass is 35.5. The van der Waals surface area contributed by atoms with Gasteiger partial charge in [-0.1, -0.05) is 44.5 Å². The maximum absolute atomic E-state index is 13.2. The molecule has 2 aliphatic rings. The molecular weight excluding hydrogens is 869 g/mol. The minimum atomic E-state index is -5.08. The fraction of sp³-hybridized carbons (Fsp3) is 0.400.